The number of nitrogens with one attached hydrogen (secondary N) is 1. The predicted octanol–water partition coefficient (Wildman–Crippen LogP) is 4.43. The molecule has 5 heteroatoms. The number of rotatable bonds is 6. The summed E-state index contributed by atoms with van der Waals surface area (Å²) in [4.78, 5) is 21.5. The first-order chi connectivity index (χ1) is 16.0. The van der Waals surface area contributed by atoms with E-state index >= 15 is 0 Å². The molecule has 2 fully saturated rings. The van der Waals surface area contributed by atoms with Gasteiger partial charge in [0.15, 0.2) is 0 Å². The molecule has 33 heavy (non-hydrogen) atoms. The number of carbonyl (C=O) groups is 1. The molecule has 2 aliphatic heterocycles. The number of benzene rings is 1. The van der Waals surface area contributed by atoms with Crippen molar-refractivity contribution in [3.63, 3.8) is 0 Å². The van der Waals surface area contributed by atoms with Gasteiger partial charge in [0.25, 0.3) is 0 Å². The van der Waals surface area contributed by atoms with E-state index in [0.29, 0.717) is 0 Å². The van der Waals surface area contributed by atoms with Crippen LogP contribution in [-0.4, -0.2) is 67.6 Å². The Labute approximate surface area is 198 Å². The minimum atomic E-state index is -0.287. The maximum atomic E-state index is 12.7. The SMILES string of the molecule is CCCc1ccc2[nH]c3c(c2c1)CC1CN(CCC2(C(=O)OC)CCN(C)CC2)CCC1C3. The summed E-state index contributed by atoms with van der Waals surface area (Å²) in [6.45, 7) is 7.58. The Morgan fingerprint density at radius 1 is 1.18 bits per heavy atom. The van der Waals surface area contributed by atoms with Crippen molar-refractivity contribution in [3.8, 4) is 0 Å². The zero-order valence-electron chi connectivity index (χ0n) is 20.8. The summed E-state index contributed by atoms with van der Waals surface area (Å²) in [7, 11) is 3.71. The lowest BCUT2D eigenvalue weighted by molar-refractivity contribution is -0.156. The number of carbonyl (C=O) groups excluding carboxylic acids is 1. The Morgan fingerprint density at radius 2 is 2.00 bits per heavy atom. The van der Waals surface area contributed by atoms with Crippen molar-refractivity contribution >= 4 is 16.9 Å². The summed E-state index contributed by atoms with van der Waals surface area (Å²) in [5.74, 6) is 1.52. The third kappa shape index (κ3) is 4.46. The summed E-state index contributed by atoms with van der Waals surface area (Å²) in [5, 5.41) is 1.46. The number of esters is 1. The van der Waals surface area contributed by atoms with Crippen molar-refractivity contribution < 1.29 is 9.53 Å². The van der Waals surface area contributed by atoms with E-state index in [2.05, 4.69) is 47.0 Å². The van der Waals surface area contributed by atoms with Crippen LogP contribution in [0.3, 0.4) is 0 Å². The maximum absolute atomic E-state index is 12.7. The van der Waals surface area contributed by atoms with Crippen LogP contribution in [0.4, 0.5) is 0 Å². The number of H-pyrrole nitrogens is 1. The highest BCUT2D eigenvalue weighted by Gasteiger charge is 2.42. The molecule has 0 saturated carbocycles. The maximum Gasteiger partial charge on any atom is 0.311 e. The lowest BCUT2D eigenvalue weighted by Gasteiger charge is -2.43. The Morgan fingerprint density at radius 3 is 2.76 bits per heavy atom. The average Bonchev–Trinajstić information content (AvgIpc) is 3.19. The highest BCUT2D eigenvalue weighted by Crippen LogP contribution is 2.40. The molecule has 180 valence electrons. The monoisotopic (exact) mass is 451 g/mol. The van der Waals surface area contributed by atoms with E-state index in [1.54, 1.807) is 12.7 Å². The molecule has 2 aromatic rings. The fourth-order valence-electron chi connectivity index (χ4n) is 6.78. The van der Waals surface area contributed by atoms with E-state index in [9.17, 15) is 4.79 Å². The molecule has 1 aromatic carbocycles. The van der Waals surface area contributed by atoms with Crippen LogP contribution in [0, 0.1) is 17.3 Å². The summed E-state index contributed by atoms with van der Waals surface area (Å²) in [6, 6.07) is 7.03. The Bertz CT molecular complexity index is 988. The summed E-state index contributed by atoms with van der Waals surface area (Å²) >= 11 is 0. The van der Waals surface area contributed by atoms with Crippen LogP contribution < -0.4 is 0 Å². The minimum Gasteiger partial charge on any atom is -0.469 e. The number of hydrogen-bond donors (Lipinski definition) is 1. The van der Waals surface area contributed by atoms with Crippen molar-refractivity contribution in [1.82, 2.24) is 14.8 Å². The Kier molecular flexibility index (Phi) is 6.54. The number of aromatic nitrogens is 1. The molecule has 2 unspecified atom stereocenters. The van der Waals surface area contributed by atoms with Gasteiger partial charge in [0.2, 0.25) is 0 Å². The molecule has 5 rings (SSSR count). The van der Waals surface area contributed by atoms with Crippen LogP contribution in [-0.2, 0) is 28.8 Å². The summed E-state index contributed by atoms with van der Waals surface area (Å²) < 4.78 is 5.27. The van der Waals surface area contributed by atoms with Gasteiger partial charge in [-0.2, -0.15) is 0 Å². The van der Waals surface area contributed by atoms with E-state index in [0.717, 1.165) is 63.7 Å². The van der Waals surface area contributed by atoms with Gasteiger partial charge >= 0.3 is 5.97 Å². The normalized spacial score (nSPS) is 25.5. The molecular weight excluding hydrogens is 410 g/mol. The zero-order valence-corrected chi connectivity index (χ0v) is 20.8. The number of hydrogen-bond acceptors (Lipinski definition) is 4. The fraction of sp³-hybridized carbons (Fsp3) is 0.679. The van der Waals surface area contributed by atoms with Crippen molar-refractivity contribution in [2.45, 2.75) is 58.3 Å². The lowest BCUT2D eigenvalue weighted by atomic mass is 9.73. The van der Waals surface area contributed by atoms with E-state index < -0.39 is 0 Å². The van der Waals surface area contributed by atoms with Crippen LogP contribution in [0.15, 0.2) is 18.2 Å². The van der Waals surface area contributed by atoms with Gasteiger partial charge in [-0.25, -0.2) is 0 Å². The Balaban J connectivity index is 1.27. The fourth-order valence-corrected chi connectivity index (χ4v) is 6.78. The molecule has 1 aromatic heterocycles. The zero-order chi connectivity index (χ0) is 23.0. The molecule has 3 heterocycles. The second-order valence-corrected chi connectivity index (χ2v) is 11.1. The van der Waals surface area contributed by atoms with Gasteiger partial charge in [0.1, 0.15) is 0 Å². The molecule has 2 atom stereocenters. The first-order valence-corrected chi connectivity index (χ1v) is 13.1. The smallest absolute Gasteiger partial charge is 0.311 e. The first-order valence-electron chi connectivity index (χ1n) is 13.1. The Hall–Kier alpha value is -1.85. The van der Waals surface area contributed by atoms with Gasteiger partial charge < -0.3 is 19.5 Å². The van der Waals surface area contributed by atoms with Gasteiger partial charge in [-0.05, 0) is 113 Å². The van der Waals surface area contributed by atoms with Gasteiger partial charge in [-0.1, -0.05) is 19.4 Å². The van der Waals surface area contributed by atoms with E-state index in [1.807, 2.05) is 0 Å². The van der Waals surface area contributed by atoms with Crippen molar-refractivity contribution in [1.29, 1.82) is 0 Å². The van der Waals surface area contributed by atoms with Crippen LogP contribution in [0.2, 0.25) is 0 Å². The number of fused-ring (bicyclic) bond motifs is 4. The van der Waals surface area contributed by atoms with Gasteiger partial charge in [-0.15, -0.1) is 0 Å². The standard InChI is InChI=1S/C28H41N3O2/c1-4-5-20-6-7-25-23(16-20)24-17-22-19-31(12-8-21(22)18-26(24)29-25)15-11-28(27(32)33-3)9-13-30(2)14-10-28/h6-7,16,21-22,29H,4-5,8-15,17-19H2,1-3H3. The largest absolute Gasteiger partial charge is 0.469 e. The molecule has 1 aliphatic carbocycles. The second kappa shape index (κ2) is 9.42. The molecule has 0 amide bonds. The summed E-state index contributed by atoms with van der Waals surface area (Å²) in [6.07, 6.45) is 8.81. The third-order valence-corrected chi connectivity index (χ3v) is 8.97. The lowest BCUT2D eigenvalue weighted by Crippen LogP contribution is -2.48. The van der Waals surface area contributed by atoms with Crippen LogP contribution in [0.25, 0.3) is 10.9 Å². The first kappa shape index (κ1) is 22.9. The number of nitrogens with zero attached hydrogens (tertiary/aromatic N) is 2. The van der Waals surface area contributed by atoms with Crippen molar-refractivity contribution in [2.75, 3.05) is 46.9 Å². The molecule has 1 N–H and O–H groups in total. The average molecular weight is 452 g/mol. The summed E-state index contributed by atoms with van der Waals surface area (Å²) in [5.41, 5.74) is 5.56. The number of piperidine rings is 2. The molecule has 0 radical (unpaired) electrons. The minimum absolute atomic E-state index is 0.00877. The molecular formula is C28H41N3O2. The number of methoxy groups -OCH3 is 1. The van der Waals surface area contributed by atoms with Gasteiger partial charge in [-0.3, -0.25) is 4.79 Å². The number of aryl methyl sites for hydroxylation is 1. The van der Waals surface area contributed by atoms with E-state index in [-0.39, 0.29) is 11.4 Å². The highest BCUT2D eigenvalue weighted by molar-refractivity contribution is 5.85. The van der Waals surface area contributed by atoms with E-state index in [4.69, 9.17) is 4.74 Å². The molecule has 0 bridgehead atoms. The second-order valence-electron chi connectivity index (χ2n) is 11.1. The molecule has 2 saturated heterocycles. The van der Waals surface area contributed by atoms with Crippen LogP contribution >= 0.6 is 0 Å². The highest BCUT2D eigenvalue weighted by atomic mass is 16.5. The van der Waals surface area contributed by atoms with Gasteiger partial charge in [0.05, 0.1) is 12.5 Å². The van der Waals surface area contributed by atoms with E-state index in [1.165, 1.54) is 54.4 Å². The van der Waals surface area contributed by atoms with Crippen molar-refractivity contribution in [3.05, 3.63) is 35.0 Å². The molecule has 5 nitrogen and oxygen atoms in total. The number of aromatic amines is 1. The molecule has 0 spiro atoms. The van der Waals surface area contributed by atoms with Crippen molar-refractivity contribution in [2.24, 2.45) is 17.3 Å². The third-order valence-electron chi connectivity index (χ3n) is 8.97. The predicted molar refractivity (Wildman–Crippen MR) is 134 cm³/mol. The van der Waals surface area contributed by atoms with Crippen LogP contribution in [0.1, 0.15) is 55.8 Å². The van der Waals surface area contributed by atoms with Crippen LogP contribution in [0.5, 0.6) is 0 Å². The number of likely N-dealkylation sites (tertiary alicyclic amines) is 2. The number of ether oxygens (including phenoxy) is 1. The molecule has 3 aliphatic rings. The quantitative estimate of drug-likeness (QED) is 0.660. The topological polar surface area (TPSA) is 48.6 Å². The van der Waals surface area contributed by atoms with Gasteiger partial charge in [0, 0.05) is 23.1 Å².